The van der Waals surface area contributed by atoms with Crippen molar-refractivity contribution in [1.29, 1.82) is 0 Å². The zero-order chi connectivity index (χ0) is 16.1. The molecule has 0 bridgehead atoms. The minimum Gasteiger partial charge on any atom is -0.383 e. The Labute approximate surface area is 137 Å². The molecule has 2 aromatic carbocycles. The first-order valence-corrected chi connectivity index (χ1v) is 7.20. The number of halogens is 2. The Kier molecular flexibility index (Phi) is 5.35. The van der Waals surface area contributed by atoms with E-state index in [0.29, 0.717) is 27.8 Å². The fourth-order valence-electron chi connectivity index (χ4n) is 1.86. The summed E-state index contributed by atoms with van der Waals surface area (Å²) >= 11 is 11.9. The number of ketones is 1. The summed E-state index contributed by atoms with van der Waals surface area (Å²) in [5.74, 6) is -0.111. The molecule has 1 N–H and O–H groups in total. The van der Waals surface area contributed by atoms with Crippen LogP contribution in [0.2, 0.25) is 10.0 Å². The first-order chi connectivity index (χ1) is 10.5. The number of nitrogens with zero attached hydrogens (tertiary/aromatic N) is 1. The normalized spacial score (nSPS) is 10.3. The van der Waals surface area contributed by atoms with Crippen molar-refractivity contribution in [3.05, 3.63) is 68.2 Å². The van der Waals surface area contributed by atoms with Crippen molar-refractivity contribution in [2.24, 2.45) is 0 Å². The topological polar surface area (TPSA) is 72.2 Å². The molecule has 5 nitrogen and oxygen atoms in total. The van der Waals surface area contributed by atoms with Gasteiger partial charge in [-0.3, -0.25) is 14.9 Å². The molecule has 0 aliphatic rings. The van der Waals surface area contributed by atoms with Crippen LogP contribution in [0.1, 0.15) is 16.8 Å². The van der Waals surface area contributed by atoms with Gasteiger partial charge < -0.3 is 5.32 Å². The van der Waals surface area contributed by atoms with Crippen LogP contribution in [0.15, 0.2) is 42.5 Å². The number of anilines is 1. The van der Waals surface area contributed by atoms with Crippen molar-refractivity contribution in [2.75, 3.05) is 11.9 Å². The van der Waals surface area contributed by atoms with Gasteiger partial charge in [-0.05, 0) is 24.3 Å². The van der Waals surface area contributed by atoms with Crippen LogP contribution < -0.4 is 5.32 Å². The van der Waals surface area contributed by atoms with Crippen LogP contribution in [0, 0.1) is 10.1 Å². The highest BCUT2D eigenvalue weighted by atomic mass is 35.5. The zero-order valence-corrected chi connectivity index (χ0v) is 12.9. The van der Waals surface area contributed by atoms with Crippen LogP contribution in [-0.4, -0.2) is 17.3 Å². The van der Waals surface area contributed by atoms with Gasteiger partial charge in [0, 0.05) is 30.7 Å². The van der Waals surface area contributed by atoms with E-state index in [1.807, 2.05) is 0 Å². The van der Waals surface area contributed by atoms with Crippen LogP contribution in [0.4, 0.5) is 11.4 Å². The van der Waals surface area contributed by atoms with Gasteiger partial charge in [0.15, 0.2) is 5.78 Å². The maximum Gasteiger partial charge on any atom is 0.269 e. The van der Waals surface area contributed by atoms with Crippen molar-refractivity contribution < 1.29 is 9.72 Å². The molecule has 0 saturated heterocycles. The van der Waals surface area contributed by atoms with E-state index in [4.69, 9.17) is 23.2 Å². The molecular weight excluding hydrogens is 327 g/mol. The van der Waals surface area contributed by atoms with Crippen LogP contribution >= 0.6 is 23.2 Å². The molecule has 0 spiro atoms. The van der Waals surface area contributed by atoms with Crippen molar-refractivity contribution in [3.8, 4) is 0 Å². The summed E-state index contributed by atoms with van der Waals surface area (Å²) < 4.78 is 0. The number of carbonyl (C=O) groups excluding carboxylic acids is 1. The lowest BCUT2D eigenvalue weighted by atomic mass is 10.1. The molecule has 0 aliphatic carbocycles. The third-order valence-corrected chi connectivity index (χ3v) is 3.84. The summed E-state index contributed by atoms with van der Waals surface area (Å²) in [5.41, 5.74) is 1.05. The first-order valence-electron chi connectivity index (χ1n) is 6.44. The highest BCUT2D eigenvalue weighted by Gasteiger charge is 2.10. The lowest BCUT2D eigenvalue weighted by Crippen LogP contribution is -2.09. The Morgan fingerprint density at radius 3 is 2.45 bits per heavy atom. The first kappa shape index (κ1) is 16.3. The molecule has 0 atom stereocenters. The lowest BCUT2D eigenvalue weighted by molar-refractivity contribution is -0.384. The van der Waals surface area contributed by atoms with E-state index >= 15 is 0 Å². The number of hydrogen-bond donors (Lipinski definition) is 1. The number of Topliss-reactive ketones (excluding diaryl/α,β-unsaturated/α-hetero) is 1. The Morgan fingerprint density at radius 2 is 1.82 bits per heavy atom. The third kappa shape index (κ3) is 3.96. The van der Waals surface area contributed by atoms with Gasteiger partial charge in [0.2, 0.25) is 0 Å². The molecule has 0 amide bonds. The average Bonchev–Trinajstić information content (AvgIpc) is 2.51. The largest absolute Gasteiger partial charge is 0.383 e. The molecule has 2 rings (SSSR count). The van der Waals surface area contributed by atoms with Crippen molar-refractivity contribution in [2.45, 2.75) is 6.42 Å². The number of nitro benzene ring substituents is 1. The molecule has 0 heterocycles. The molecule has 0 unspecified atom stereocenters. The second-order valence-electron chi connectivity index (χ2n) is 4.51. The molecule has 0 radical (unpaired) electrons. The van der Waals surface area contributed by atoms with E-state index in [-0.39, 0.29) is 17.9 Å². The van der Waals surface area contributed by atoms with Crippen LogP contribution in [0.5, 0.6) is 0 Å². The molecule has 0 saturated carbocycles. The van der Waals surface area contributed by atoms with Crippen LogP contribution in [0.3, 0.4) is 0 Å². The van der Waals surface area contributed by atoms with Gasteiger partial charge in [0.05, 0.1) is 20.7 Å². The molecule has 22 heavy (non-hydrogen) atoms. The number of benzene rings is 2. The molecule has 0 aliphatic heterocycles. The standard InChI is InChI=1S/C15H12Cl2N2O3/c16-12-2-1-3-13(15(12)17)18-9-8-14(20)10-4-6-11(7-5-10)19(21)22/h1-7,18H,8-9H2. The second kappa shape index (κ2) is 7.24. The number of hydrogen-bond acceptors (Lipinski definition) is 4. The van der Waals surface area contributed by atoms with Gasteiger partial charge in [0.1, 0.15) is 0 Å². The van der Waals surface area contributed by atoms with E-state index in [1.165, 1.54) is 24.3 Å². The Balaban J connectivity index is 1.92. The predicted molar refractivity (Wildman–Crippen MR) is 87.0 cm³/mol. The summed E-state index contributed by atoms with van der Waals surface area (Å²) in [4.78, 5) is 22.1. The molecule has 0 aromatic heterocycles. The van der Waals surface area contributed by atoms with Gasteiger partial charge in [-0.1, -0.05) is 29.3 Å². The van der Waals surface area contributed by atoms with E-state index in [2.05, 4.69) is 5.32 Å². The third-order valence-electron chi connectivity index (χ3n) is 3.02. The van der Waals surface area contributed by atoms with Gasteiger partial charge >= 0.3 is 0 Å². The summed E-state index contributed by atoms with van der Waals surface area (Å²) in [6, 6.07) is 10.7. The Bertz CT molecular complexity index is 702. The molecule has 7 heteroatoms. The zero-order valence-electron chi connectivity index (χ0n) is 11.4. The quantitative estimate of drug-likeness (QED) is 0.475. The number of non-ortho nitro benzene ring substituents is 1. The SMILES string of the molecule is O=C(CCNc1cccc(Cl)c1Cl)c1ccc([N+](=O)[O-])cc1. The molecule has 2 aromatic rings. The van der Waals surface area contributed by atoms with Crippen LogP contribution in [-0.2, 0) is 0 Å². The van der Waals surface area contributed by atoms with E-state index < -0.39 is 4.92 Å². The Morgan fingerprint density at radius 1 is 1.14 bits per heavy atom. The maximum atomic E-state index is 12.0. The number of nitro groups is 1. The van der Waals surface area contributed by atoms with Gasteiger partial charge in [-0.2, -0.15) is 0 Å². The summed E-state index contributed by atoms with van der Waals surface area (Å²) in [7, 11) is 0. The summed E-state index contributed by atoms with van der Waals surface area (Å²) in [6.07, 6.45) is 0.237. The van der Waals surface area contributed by atoms with E-state index in [0.717, 1.165) is 0 Å². The molecule has 114 valence electrons. The van der Waals surface area contributed by atoms with Crippen LogP contribution in [0.25, 0.3) is 0 Å². The second-order valence-corrected chi connectivity index (χ2v) is 5.29. The minimum atomic E-state index is -0.503. The smallest absolute Gasteiger partial charge is 0.269 e. The fraction of sp³-hybridized carbons (Fsp3) is 0.133. The Hall–Kier alpha value is -2.11. The van der Waals surface area contributed by atoms with Crippen molar-refractivity contribution in [3.63, 3.8) is 0 Å². The highest BCUT2D eigenvalue weighted by Crippen LogP contribution is 2.29. The van der Waals surface area contributed by atoms with Crippen molar-refractivity contribution in [1.82, 2.24) is 0 Å². The lowest BCUT2D eigenvalue weighted by Gasteiger charge is -2.08. The summed E-state index contributed by atoms with van der Waals surface area (Å²) in [6.45, 7) is 0.385. The number of rotatable bonds is 6. The van der Waals surface area contributed by atoms with Gasteiger partial charge in [0.25, 0.3) is 5.69 Å². The monoisotopic (exact) mass is 338 g/mol. The summed E-state index contributed by atoms with van der Waals surface area (Å²) in [5, 5.41) is 14.4. The van der Waals surface area contributed by atoms with Gasteiger partial charge in [-0.15, -0.1) is 0 Å². The van der Waals surface area contributed by atoms with Crippen molar-refractivity contribution >= 4 is 40.4 Å². The molecular formula is C15H12Cl2N2O3. The van der Waals surface area contributed by atoms with E-state index in [9.17, 15) is 14.9 Å². The number of carbonyl (C=O) groups is 1. The van der Waals surface area contributed by atoms with E-state index in [1.54, 1.807) is 18.2 Å². The maximum absolute atomic E-state index is 12.0. The predicted octanol–water partition coefficient (Wildman–Crippen LogP) is 4.59. The highest BCUT2D eigenvalue weighted by molar-refractivity contribution is 6.43. The molecule has 0 fully saturated rings. The fourth-order valence-corrected chi connectivity index (χ4v) is 2.23. The average molecular weight is 339 g/mol. The minimum absolute atomic E-state index is 0.0413. The van der Waals surface area contributed by atoms with Gasteiger partial charge in [-0.25, -0.2) is 0 Å². The number of nitrogens with one attached hydrogen (secondary N) is 1.